The van der Waals surface area contributed by atoms with Gasteiger partial charge in [0.15, 0.2) is 0 Å². The molecule has 0 bridgehead atoms. The molecule has 1 aliphatic rings. The van der Waals surface area contributed by atoms with E-state index >= 15 is 0 Å². The zero-order chi connectivity index (χ0) is 14.4. The molecular weight excluding hydrogens is 248 g/mol. The number of nitrogens with zero attached hydrogens (tertiary/aromatic N) is 3. The summed E-state index contributed by atoms with van der Waals surface area (Å²) < 4.78 is 2.16. The van der Waals surface area contributed by atoms with Crippen LogP contribution in [0.25, 0.3) is 0 Å². The molecule has 1 aromatic heterocycles. The number of hydrogen-bond acceptors (Lipinski definition) is 3. The maximum absolute atomic E-state index is 6.17. The Kier molecular flexibility index (Phi) is 5.61. The van der Waals surface area contributed by atoms with Gasteiger partial charge in [0.2, 0.25) is 0 Å². The molecule has 0 atom stereocenters. The van der Waals surface area contributed by atoms with Gasteiger partial charge in [0.1, 0.15) is 0 Å². The first-order valence-corrected chi connectivity index (χ1v) is 8.11. The van der Waals surface area contributed by atoms with E-state index in [-0.39, 0.29) is 5.54 Å². The fourth-order valence-electron chi connectivity index (χ4n) is 3.54. The highest BCUT2D eigenvalue weighted by Crippen LogP contribution is 2.35. The monoisotopic (exact) mass is 278 g/mol. The summed E-state index contributed by atoms with van der Waals surface area (Å²) in [4.78, 5) is 6.73. The molecular formula is C16H30N4. The Balaban J connectivity index is 1.88. The number of aryl methyl sites for hydroxylation is 1. The highest BCUT2D eigenvalue weighted by molar-refractivity contribution is 4.95. The van der Waals surface area contributed by atoms with Crippen LogP contribution in [0.5, 0.6) is 0 Å². The molecule has 2 rings (SSSR count). The van der Waals surface area contributed by atoms with Crippen molar-refractivity contribution in [3.63, 3.8) is 0 Å². The van der Waals surface area contributed by atoms with Gasteiger partial charge in [-0.05, 0) is 44.6 Å². The van der Waals surface area contributed by atoms with Gasteiger partial charge in [-0.2, -0.15) is 0 Å². The standard InChI is InChI=1S/C16H30N4/c1-3-20(11-4-10-19-12-9-18-14-19)16(13-17)7-5-15(2)6-8-16/h9,12,14-15H,3-8,10-11,13,17H2,1-2H3. The zero-order valence-corrected chi connectivity index (χ0v) is 13.1. The van der Waals surface area contributed by atoms with Crippen molar-refractivity contribution >= 4 is 0 Å². The molecule has 0 saturated heterocycles. The normalized spacial score (nSPS) is 27.1. The summed E-state index contributed by atoms with van der Waals surface area (Å²) in [5, 5.41) is 0. The number of aromatic nitrogens is 2. The first kappa shape index (κ1) is 15.5. The Morgan fingerprint density at radius 3 is 2.70 bits per heavy atom. The van der Waals surface area contributed by atoms with Crippen LogP contribution in [-0.2, 0) is 6.54 Å². The van der Waals surface area contributed by atoms with Crippen molar-refractivity contribution in [2.24, 2.45) is 11.7 Å². The van der Waals surface area contributed by atoms with Crippen LogP contribution in [0.15, 0.2) is 18.7 Å². The third-order valence-corrected chi connectivity index (χ3v) is 5.04. The van der Waals surface area contributed by atoms with Crippen LogP contribution in [0.3, 0.4) is 0 Å². The minimum Gasteiger partial charge on any atom is -0.337 e. The molecule has 4 heteroatoms. The van der Waals surface area contributed by atoms with Gasteiger partial charge in [-0.25, -0.2) is 4.98 Å². The predicted octanol–water partition coefficient (Wildman–Crippen LogP) is 2.50. The fraction of sp³-hybridized carbons (Fsp3) is 0.812. The lowest BCUT2D eigenvalue weighted by Crippen LogP contribution is -2.56. The van der Waals surface area contributed by atoms with E-state index < -0.39 is 0 Å². The first-order chi connectivity index (χ1) is 9.70. The maximum atomic E-state index is 6.17. The summed E-state index contributed by atoms with van der Waals surface area (Å²) in [6.07, 6.45) is 12.1. The molecule has 0 radical (unpaired) electrons. The minimum atomic E-state index is 0.260. The lowest BCUT2D eigenvalue weighted by Gasteiger charge is -2.47. The molecule has 0 aliphatic heterocycles. The molecule has 4 nitrogen and oxygen atoms in total. The lowest BCUT2D eigenvalue weighted by molar-refractivity contribution is 0.0471. The summed E-state index contributed by atoms with van der Waals surface area (Å²) in [5.41, 5.74) is 6.43. The molecule has 1 fully saturated rings. The quantitative estimate of drug-likeness (QED) is 0.833. The number of hydrogen-bond donors (Lipinski definition) is 1. The smallest absolute Gasteiger partial charge is 0.0945 e. The van der Waals surface area contributed by atoms with E-state index in [2.05, 4.69) is 28.3 Å². The molecule has 2 N–H and O–H groups in total. The van der Waals surface area contributed by atoms with Gasteiger partial charge in [0, 0.05) is 37.6 Å². The van der Waals surface area contributed by atoms with Crippen LogP contribution in [0, 0.1) is 5.92 Å². The second-order valence-electron chi connectivity index (χ2n) is 6.34. The average Bonchev–Trinajstić information content (AvgIpc) is 2.98. The number of nitrogens with two attached hydrogens (primary N) is 1. The third-order valence-electron chi connectivity index (χ3n) is 5.04. The molecule has 0 unspecified atom stereocenters. The van der Waals surface area contributed by atoms with Gasteiger partial charge < -0.3 is 10.3 Å². The molecule has 114 valence electrons. The van der Waals surface area contributed by atoms with E-state index in [9.17, 15) is 0 Å². The Hall–Kier alpha value is -0.870. The van der Waals surface area contributed by atoms with E-state index in [4.69, 9.17) is 5.73 Å². The Morgan fingerprint density at radius 1 is 1.40 bits per heavy atom. The van der Waals surface area contributed by atoms with Gasteiger partial charge >= 0.3 is 0 Å². The van der Waals surface area contributed by atoms with Crippen molar-refractivity contribution in [2.45, 2.75) is 58.0 Å². The first-order valence-electron chi connectivity index (χ1n) is 8.11. The van der Waals surface area contributed by atoms with Gasteiger partial charge in [0.05, 0.1) is 6.33 Å². The Bertz CT molecular complexity index is 366. The predicted molar refractivity (Wildman–Crippen MR) is 83.5 cm³/mol. The van der Waals surface area contributed by atoms with Gasteiger partial charge in [-0.15, -0.1) is 0 Å². The molecule has 20 heavy (non-hydrogen) atoms. The van der Waals surface area contributed by atoms with Crippen LogP contribution in [-0.4, -0.2) is 39.6 Å². The summed E-state index contributed by atoms with van der Waals surface area (Å²) in [6, 6.07) is 0. The third kappa shape index (κ3) is 3.61. The van der Waals surface area contributed by atoms with E-state index in [1.807, 2.05) is 18.7 Å². The van der Waals surface area contributed by atoms with E-state index in [0.29, 0.717) is 0 Å². The van der Waals surface area contributed by atoms with Crippen LogP contribution in [0.1, 0.15) is 46.0 Å². The fourth-order valence-corrected chi connectivity index (χ4v) is 3.54. The zero-order valence-electron chi connectivity index (χ0n) is 13.1. The Morgan fingerprint density at radius 2 is 2.15 bits per heavy atom. The molecule has 1 aliphatic carbocycles. The summed E-state index contributed by atoms with van der Waals surface area (Å²) in [5.74, 6) is 0.874. The summed E-state index contributed by atoms with van der Waals surface area (Å²) in [6.45, 7) is 8.74. The van der Waals surface area contributed by atoms with Crippen LogP contribution < -0.4 is 5.73 Å². The Labute approximate surface area is 123 Å². The van der Waals surface area contributed by atoms with Crippen molar-refractivity contribution in [1.29, 1.82) is 0 Å². The number of rotatable bonds is 7. The van der Waals surface area contributed by atoms with Crippen molar-refractivity contribution in [3.05, 3.63) is 18.7 Å². The molecule has 1 saturated carbocycles. The molecule has 0 aromatic carbocycles. The molecule has 1 aromatic rings. The lowest BCUT2D eigenvalue weighted by atomic mass is 9.76. The molecule has 1 heterocycles. The second kappa shape index (κ2) is 7.23. The van der Waals surface area contributed by atoms with Gasteiger partial charge in [-0.3, -0.25) is 4.90 Å². The van der Waals surface area contributed by atoms with Crippen LogP contribution >= 0.6 is 0 Å². The molecule has 0 spiro atoms. The van der Waals surface area contributed by atoms with Gasteiger partial charge in [-0.1, -0.05) is 13.8 Å². The van der Waals surface area contributed by atoms with Crippen molar-refractivity contribution in [2.75, 3.05) is 19.6 Å². The topological polar surface area (TPSA) is 47.1 Å². The minimum absolute atomic E-state index is 0.260. The SMILES string of the molecule is CCN(CCCn1ccnc1)C1(CN)CCC(C)CC1. The average molecular weight is 278 g/mol. The summed E-state index contributed by atoms with van der Waals surface area (Å²) in [7, 11) is 0. The van der Waals surface area contributed by atoms with Crippen molar-refractivity contribution in [3.8, 4) is 0 Å². The number of imidazole rings is 1. The van der Waals surface area contributed by atoms with Crippen LogP contribution in [0.4, 0.5) is 0 Å². The maximum Gasteiger partial charge on any atom is 0.0945 e. The van der Waals surface area contributed by atoms with Crippen molar-refractivity contribution in [1.82, 2.24) is 14.5 Å². The van der Waals surface area contributed by atoms with E-state index in [0.717, 1.165) is 32.1 Å². The van der Waals surface area contributed by atoms with E-state index in [1.165, 1.54) is 32.1 Å². The molecule has 0 amide bonds. The van der Waals surface area contributed by atoms with E-state index in [1.54, 1.807) is 0 Å². The van der Waals surface area contributed by atoms with Gasteiger partial charge in [0.25, 0.3) is 0 Å². The largest absolute Gasteiger partial charge is 0.337 e. The number of likely N-dealkylation sites (N-methyl/N-ethyl adjacent to an activating group) is 1. The summed E-state index contributed by atoms with van der Waals surface area (Å²) >= 11 is 0. The second-order valence-corrected chi connectivity index (χ2v) is 6.34. The van der Waals surface area contributed by atoms with Crippen LogP contribution in [0.2, 0.25) is 0 Å². The highest BCUT2D eigenvalue weighted by atomic mass is 15.2. The highest BCUT2D eigenvalue weighted by Gasteiger charge is 2.37. The van der Waals surface area contributed by atoms with Crippen molar-refractivity contribution < 1.29 is 0 Å².